The van der Waals surface area contributed by atoms with E-state index in [-0.39, 0.29) is 11.6 Å². The normalized spacial score (nSPS) is 9.33. The predicted molar refractivity (Wildman–Crippen MR) is 92.6 cm³/mol. The molecule has 6 heteroatoms. The summed E-state index contributed by atoms with van der Waals surface area (Å²) in [5, 5.41) is 24.0. The first kappa shape index (κ1) is 16.7. The molecule has 118 valence electrons. The molecular formula is C18H15N5O. The second-order valence-corrected chi connectivity index (χ2v) is 5.11. The van der Waals surface area contributed by atoms with Gasteiger partial charge in [0.15, 0.2) is 0 Å². The summed E-state index contributed by atoms with van der Waals surface area (Å²) in [4.78, 5) is 12.6. The van der Waals surface area contributed by atoms with Crippen LogP contribution in [0.5, 0.6) is 0 Å². The Hall–Kier alpha value is -3.64. The van der Waals surface area contributed by atoms with Crippen LogP contribution in [-0.2, 0) is 0 Å². The van der Waals surface area contributed by atoms with Crippen LogP contribution in [0.15, 0.2) is 47.6 Å². The van der Waals surface area contributed by atoms with E-state index in [4.69, 9.17) is 10.5 Å². The number of nitriles is 2. The highest BCUT2D eigenvalue weighted by atomic mass is 16.1. The van der Waals surface area contributed by atoms with Crippen LogP contribution in [0, 0.1) is 36.5 Å². The lowest BCUT2D eigenvalue weighted by molar-refractivity contribution is 0.102. The number of nitrogens with one attached hydrogen (secondary N) is 2. The van der Waals surface area contributed by atoms with Gasteiger partial charge >= 0.3 is 0 Å². The Balaban J connectivity index is 2.28. The smallest absolute Gasteiger partial charge is 0.257 e. The minimum Gasteiger partial charge on any atom is -0.322 e. The molecule has 0 fully saturated rings. The van der Waals surface area contributed by atoms with Gasteiger partial charge < -0.3 is 5.32 Å². The van der Waals surface area contributed by atoms with E-state index in [1.54, 1.807) is 36.4 Å². The average molecular weight is 317 g/mol. The molecule has 0 heterocycles. The molecule has 2 N–H and O–H groups in total. The minimum atomic E-state index is -0.320. The summed E-state index contributed by atoms with van der Waals surface area (Å²) in [6, 6.07) is 15.8. The number of rotatable bonds is 4. The van der Waals surface area contributed by atoms with Gasteiger partial charge in [-0.2, -0.15) is 15.6 Å². The minimum absolute atomic E-state index is 0.308. The molecule has 2 aromatic carbocycles. The molecule has 6 nitrogen and oxygen atoms in total. The van der Waals surface area contributed by atoms with E-state index < -0.39 is 0 Å². The average Bonchev–Trinajstić information content (AvgIpc) is 2.59. The molecule has 0 spiro atoms. The first-order valence-corrected chi connectivity index (χ1v) is 7.16. The molecule has 0 aliphatic heterocycles. The second kappa shape index (κ2) is 7.57. The van der Waals surface area contributed by atoms with Crippen molar-refractivity contribution in [2.24, 2.45) is 5.10 Å². The molecule has 24 heavy (non-hydrogen) atoms. The van der Waals surface area contributed by atoms with Crippen LogP contribution >= 0.6 is 0 Å². The molecule has 0 unspecified atom stereocenters. The molecule has 0 radical (unpaired) electrons. The lowest BCUT2D eigenvalue weighted by atomic mass is 10.1. The standard InChI is InChI=1S/C18H15N5O/c1-12-7-8-13(2)17(9-12)21-18(24)15-5-3-4-6-16(15)23-22-14(10-19)11-20/h3-9,23H,1-2H3,(H,21,24). The Morgan fingerprint density at radius 3 is 2.46 bits per heavy atom. The highest BCUT2D eigenvalue weighted by Crippen LogP contribution is 2.20. The fraction of sp³-hybridized carbons (Fsp3) is 0.111. The first-order chi connectivity index (χ1) is 11.5. The number of carbonyl (C=O) groups excluding carboxylic acids is 1. The van der Waals surface area contributed by atoms with Crippen molar-refractivity contribution in [3.63, 3.8) is 0 Å². The van der Waals surface area contributed by atoms with Gasteiger partial charge in [-0.1, -0.05) is 24.3 Å². The summed E-state index contributed by atoms with van der Waals surface area (Å²) >= 11 is 0. The van der Waals surface area contributed by atoms with Crippen molar-refractivity contribution in [3.8, 4) is 12.1 Å². The Bertz CT molecular complexity index is 871. The van der Waals surface area contributed by atoms with Crippen molar-refractivity contribution in [2.75, 3.05) is 10.7 Å². The summed E-state index contributed by atoms with van der Waals surface area (Å²) in [5.74, 6) is -0.308. The van der Waals surface area contributed by atoms with E-state index in [1.807, 2.05) is 32.0 Å². The number of anilines is 2. The Morgan fingerprint density at radius 1 is 1.04 bits per heavy atom. The van der Waals surface area contributed by atoms with Crippen LogP contribution in [0.25, 0.3) is 0 Å². The van der Waals surface area contributed by atoms with Crippen LogP contribution in [0.1, 0.15) is 21.5 Å². The van der Waals surface area contributed by atoms with Crippen molar-refractivity contribution in [1.29, 1.82) is 10.5 Å². The number of para-hydroxylation sites is 1. The summed E-state index contributed by atoms with van der Waals surface area (Å²) in [6.07, 6.45) is 0. The number of hydrazone groups is 1. The van der Waals surface area contributed by atoms with E-state index in [1.165, 1.54) is 0 Å². The zero-order valence-corrected chi connectivity index (χ0v) is 13.3. The van der Waals surface area contributed by atoms with Gasteiger partial charge in [0, 0.05) is 5.69 Å². The Labute approximate surface area is 140 Å². The van der Waals surface area contributed by atoms with Crippen LogP contribution in [0.3, 0.4) is 0 Å². The van der Waals surface area contributed by atoms with Crippen LogP contribution in [0.2, 0.25) is 0 Å². The summed E-state index contributed by atoms with van der Waals surface area (Å²) in [6.45, 7) is 3.86. The maximum absolute atomic E-state index is 12.6. The molecule has 0 aliphatic carbocycles. The molecule has 0 saturated heterocycles. The van der Waals surface area contributed by atoms with Gasteiger partial charge in [-0.05, 0) is 43.2 Å². The molecule has 0 aliphatic rings. The van der Waals surface area contributed by atoms with Crippen LogP contribution in [0.4, 0.5) is 11.4 Å². The zero-order chi connectivity index (χ0) is 17.5. The highest BCUT2D eigenvalue weighted by Gasteiger charge is 2.12. The van der Waals surface area contributed by atoms with E-state index in [9.17, 15) is 4.79 Å². The Kier molecular flexibility index (Phi) is 5.28. The molecule has 1 amide bonds. The van der Waals surface area contributed by atoms with Gasteiger partial charge in [0.2, 0.25) is 5.71 Å². The van der Waals surface area contributed by atoms with Gasteiger partial charge in [0.1, 0.15) is 12.1 Å². The molecular weight excluding hydrogens is 302 g/mol. The van der Waals surface area contributed by atoms with E-state index >= 15 is 0 Å². The molecule has 2 aromatic rings. The molecule has 0 saturated carbocycles. The third-order valence-corrected chi connectivity index (χ3v) is 3.31. The third kappa shape index (κ3) is 3.96. The summed E-state index contributed by atoms with van der Waals surface area (Å²) < 4.78 is 0. The van der Waals surface area contributed by atoms with E-state index in [0.717, 1.165) is 16.8 Å². The highest BCUT2D eigenvalue weighted by molar-refractivity contribution is 6.11. The zero-order valence-electron chi connectivity index (χ0n) is 13.3. The number of carbonyl (C=O) groups is 1. The van der Waals surface area contributed by atoms with Gasteiger partial charge in [0.25, 0.3) is 5.91 Å². The number of hydrogen-bond acceptors (Lipinski definition) is 5. The molecule has 0 atom stereocenters. The fourth-order valence-electron chi connectivity index (χ4n) is 2.03. The van der Waals surface area contributed by atoms with Crippen molar-refractivity contribution < 1.29 is 4.79 Å². The SMILES string of the molecule is Cc1ccc(C)c(NC(=O)c2ccccc2NN=C(C#N)C#N)c1. The maximum atomic E-state index is 12.6. The number of benzene rings is 2. The van der Waals surface area contributed by atoms with Gasteiger partial charge in [-0.3, -0.25) is 10.2 Å². The molecule has 2 rings (SSSR count). The van der Waals surface area contributed by atoms with Crippen molar-refractivity contribution >= 4 is 23.0 Å². The maximum Gasteiger partial charge on any atom is 0.257 e. The van der Waals surface area contributed by atoms with Crippen LogP contribution in [-0.4, -0.2) is 11.6 Å². The number of nitrogens with zero attached hydrogens (tertiary/aromatic N) is 3. The summed E-state index contributed by atoms with van der Waals surface area (Å²) in [7, 11) is 0. The number of aryl methyl sites for hydroxylation is 2. The first-order valence-electron chi connectivity index (χ1n) is 7.16. The molecule has 0 bridgehead atoms. The summed E-state index contributed by atoms with van der Waals surface area (Å²) in [5.41, 5.74) is 5.76. The predicted octanol–water partition coefficient (Wildman–Crippen LogP) is 3.37. The van der Waals surface area contributed by atoms with Gasteiger partial charge in [0.05, 0.1) is 11.3 Å². The fourth-order valence-corrected chi connectivity index (χ4v) is 2.03. The number of hydrogen-bond donors (Lipinski definition) is 2. The van der Waals surface area contributed by atoms with Gasteiger partial charge in [-0.25, -0.2) is 0 Å². The third-order valence-electron chi connectivity index (χ3n) is 3.31. The van der Waals surface area contributed by atoms with Crippen molar-refractivity contribution in [3.05, 3.63) is 59.2 Å². The van der Waals surface area contributed by atoms with Crippen molar-refractivity contribution in [1.82, 2.24) is 0 Å². The number of amides is 1. The Morgan fingerprint density at radius 2 is 1.75 bits per heavy atom. The molecule has 0 aromatic heterocycles. The largest absolute Gasteiger partial charge is 0.322 e. The lowest BCUT2D eigenvalue weighted by Crippen LogP contribution is -2.15. The van der Waals surface area contributed by atoms with Crippen molar-refractivity contribution in [2.45, 2.75) is 13.8 Å². The van der Waals surface area contributed by atoms with E-state index in [0.29, 0.717) is 11.3 Å². The van der Waals surface area contributed by atoms with E-state index in [2.05, 4.69) is 15.8 Å². The second-order valence-electron chi connectivity index (χ2n) is 5.11. The van der Waals surface area contributed by atoms with Crippen LogP contribution < -0.4 is 10.7 Å². The van der Waals surface area contributed by atoms with Gasteiger partial charge in [-0.15, -0.1) is 0 Å². The monoisotopic (exact) mass is 317 g/mol. The topological polar surface area (TPSA) is 101 Å². The quantitative estimate of drug-likeness (QED) is 0.666. The lowest BCUT2D eigenvalue weighted by Gasteiger charge is -2.12.